The van der Waals surface area contributed by atoms with Gasteiger partial charge in [0.25, 0.3) is 0 Å². The first-order valence-corrected chi connectivity index (χ1v) is 9.47. The monoisotopic (exact) mass is 310 g/mol. The quantitative estimate of drug-likeness (QED) is 0.633. The maximum Gasteiger partial charge on any atom is 0.137 e. The lowest BCUT2D eigenvalue weighted by molar-refractivity contribution is -0.122. The fraction of sp³-hybridized carbons (Fsp3) is 0.762. The minimum Gasteiger partial charge on any atom is -0.497 e. The number of terminal acetylenes is 1. The van der Waals surface area contributed by atoms with Crippen LogP contribution in [0.15, 0.2) is 11.3 Å². The van der Waals surface area contributed by atoms with Crippen molar-refractivity contribution in [2.24, 2.45) is 40.9 Å². The molecule has 0 aromatic rings. The number of ether oxygens (including phenoxy) is 1. The molecule has 0 radical (unpaired) electrons. The zero-order chi connectivity index (χ0) is 15.8. The Morgan fingerprint density at radius 2 is 2.17 bits per heavy atom. The highest BCUT2D eigenvalue weighted by Crippen LogP contribution is 2.66. The lowest BCUT2D eigenvalue weighted by atomic mass is 9.48. The van der Waals surface area contributed by atoms with Gasteiger partial charge in [-0.05, 0) is 60.8 Å². The zero-order valence-electron chi connectivity index (χ0n) is 14.0. The highest BCUT2D eigenvalue weighted by Gasteiger charge is 2.61. The van der Waals surface area contributed by atoms with Crippen LogP contribution in [0.1, 0.15) is 51.9 Å². The largest absolute Gasteiger partial charge is 0.497 e. The second-order valence-electron chi connectivity index (χ2n) is 8.84. The molecule has 2 bridgehead atoms. The fourth-order valence-corrected chi connectivity index (χ4v) is 7.25. The van der Waals surface area contributed by atoms with Crippen LogP contribution >= 0.6 is 0 Å². The van der Waals surface area contributed by atoms with E-state index in [0.717, 1.165) is 55.5 Å². The van der Waals surface area contributed by atoms with Gasteiger partial charge in [-0.15, -0.1) is 12.3 Å². The van der Waals surface area contributed by atoms with Crippen molar-refractivity contribution in [3.05, 3.63) is 11.3 Å². The highest BCUT2D eigenvalue weighted by molar-refractivity contribution is 5.83. The predicted molar refractivity (Wildman–Crippen MR) is 88.2 cm³/mol. The predicted octanol–water partition coefficient (Wildman–Crippen LogP) is 3.96. The Bertz CT molecular complexity index is 639. The molecule has 4 aliphatic carbocycles. The maximum absolute atomic E-state index is 12.0. The van der Waals surface area contributed by atoms with Gasteiger partial charge in [-0.25, -0.2) is 0 Å². The third-order valence-electron chi connectivity index (χ3n) is 8.13. The number of ketones is 1. The van der Waals surface area contributed by atoms with E-state index in [9.17, 15) is 4.79 Å². The molecule has 1 heterocycles. The lowest BCUT2D eigenvalue weighted by Gasteiger charge is -2.54. The Morgan fingerprint density at radius 1 is 1.30 bits per heavy atom. The average Bonchev–Trinajstić information content (AvgIpc) is 3.09. The third kappa shape index (κ3) is 1.69. The Labute approximate surface area is 139 Å². The van der Waals surface area contributed by atoms with Crippen LogP contribution in [-0.2, 0) is 9.53 Å². The first-order valence-electron chi connectivity index (χ1n) is 9.47. The molecule has 3 fully saturated rings. The molecule has 4 unspecified atom stereocenters. The van der Waals surface area contributed by atoms with Gasteiger partial charge in [0.15, 0.2) is 0 Å². The van der Waals surface area contributed by atoms with Gasteiger partial charge in [-0.2, -0.15) is 0 Å². The normalized spacial score (nSPS) is 50.7. The minimum absolute atomic E-state index is 0.208. The van der Waals surface area contributed by atoms with E-state index in [0.29, 0.717) is 18.1 Å². The molecule has 1 aliphatic heterocycles. The lowest BCUT2D eigenvalue weighted by Crippen LogP contribution is -2.50. The molecule has 0 amide bonds. The maximum atomic E-state index is 12.0. The second-order valence-corrected chi connectivity index (χ2v) is 8.84. The fourth-order valence-electron chi connectivity index (χ4n) is 7.25. The number of hydrogen-bond donors (Lipinski definition) is 0. The summed E-state index contributed by atoms with van der Waals surface area (Å²) in [7, 11) is 0. The van der Waals surface area contributed by atoms with E-state index in [1.54, 1.807) is 0 Å². The van der Waals surface area contributed by atoms with Gasteiger partial charge in [-0.1, -0.05) is 6.92 Å². The summed E-state index contributed by atoms with van der Waals surface area (Å²) < 4.78 is 6.18. The summed E-state index contributed by atoms with van der Waals surface area (Å²) in [5.74, 6) is 8.94. The van der Waals surface area contributed by atoms with E-state index in [1.165, 1.54) is 30.6 Å². The van der Waals surface area contributed by atoms with E-state index in [4.69, 9.17) is 11.2 Å². The minimum atomic E-state index is 0.208. The molecule has 0 aromatic heterocycles. The van der Waals surface area contributed by atoms with Gasteiger partial charge >= 0.3 is 0 Å². The molecule has 5 aliphatic rings. The van der Waals surface area contributed by atoms with E-state index in [1.807, 2.05) is 0 Å². The summed E-state index contributed by atoms with van der Waals surface area (Å²) in [6.07, 6.45) is 13.2. The summed E-state index contributed by atoms with van der Waals surface area (Å²) in [5.41, 5.74) is 1.62. The SMILES string of the molecule is C#C[C@H]1CCC2C3CC4=C5CC(=O)CC[C@]5(CO4)C3C[C@@H](C)C21. The number of carbonyl (C=O) groups excluding carboxylic acids is 1. The number of carbonyl (C=O) groups is 1. The van der Waals surface area contributed by atoms with Crippen LogP contribution in [0.3, 0.4) is 0 Å². The summed E-state index contributed by atoms with van der Waals surface area (Å²) in [4.78, 5) is 12.0. The molecular weight excluding hydrogens is 284 g/mol. The smallest absolute Gasteiger partial charge is 0.137 e. The van der Waals surface area contributed by atoms with Crippen molar-refractivity contribution in [3.8, 4) is 12.3 Å². The van der Waals surface area contributed by atoms with Crippen LogP contribution in [0.25, 0.3) is 0 Å². The molecular formula is C21H26O2. The molecule has 0 saturated heterocycles. The van der Waals surface area contributed by atoms with Crippen LogP contribution in [0.2, 0.25) is 0 Å². The highest BCUT2D eigenvalue weighted by atomic mass is 16.5. The topological polar surface area (TPSA) is 26.3 Å². The first kappa shape index (κ1) is 14.1. The van der Waals surface area contributed by atoms with Crippen molar-refractivity contribution in [1.29, 1.82) is 0 Å². The van der Waals surface area contributed by atoms with Crippen molar-refractivity contribution < 1.29 is 9.53 Å². The van der Waals surface area contributed by atoms with Crippen LogP contribution < -0.4 is 0 Å². The van der Waals surface area contributed by atoms with Crippen LogP contribution in [0, 0.1) is 53.3 Å². The molecule has 122 valence electrons. The van der Waals surface area contributed by atoms with E-state index >= 15 is 0 Å². The van der Waals surface area contributed by atoms with Gasteiger partial charge in [0, 0.05) is 30.6 Å². The average molecular weight is 310 g/mol. The van der Waals surface area contributed by atoms with Crippen molar-refractivity contribution in [1.82, 2.24) is 0 Å². The van der Waals surface area contributed by atoms with Crippen LogP contribution in [0.5, 0.6) is 0 Å². The number of hydrogen-bond acceptors (Lipinski definition) is 2. The zero-order valence-corrected chi connectivity index (χ0v) is 14.0. The standard InChI is InChI=1S/C21H26O2/c1-3-13-4-5-15-16-10-19-18-9-14(22)6-7-21(18,11-23-19)17(16)8-12(2)20(13)15/h1,12-13,15-17,20H,4-11H2,2H3/t12-,13+,15?,16?,17?,20?,21+/m1/s1. The van der Waals surface area contributed by atoms with Crippen LogP contribution in [-0.4, -0.2) is 12.4 Å². The van der Waals surface area contributed by atoms with Crippen molar-refractivity contribution in [2.75, 3.05) is 6.61 Å². The Balaban J connectivity index is 1.56. The molecule has 0 aromatic carbocycles. The Hall–Kier alpha value is -1.23. The molecule has 2 nitrogen and oxygen atoms in total. The van der Waals surface area contributed by atoms with Gasteiger partial charge in [-0.3, -0.25) is 4.79 Å². The van der Waals surface area contributed by atoms with Gasteiger partial charge < -0.3 is 4.74 Å². The molecule has 7 atom stereocenters. The molecule has 5 rings (SSSR count). The number of rotatable bonds is 0. The number of fused-ring (bicyclic) bond motifs is 3. The van der Waals surface area contributed by atoms with Crippen LogP contribution in [0.4, 0.5) is 0 Å². The van der Waals surface area contributed by atoms with E-state index < -0.39 is 0 Å². The number of allylic oxidation sites excluding steroid dienone is 1. The molecule has 23 heavy (non-hydrogen) atoms. The number of Topliss-reactive ketones (excluding diaryl/α,β-unsaturated/α-hetero) is 1. The van der Waals surface area contributed by atoms with Gasteiger partial charge in [0.05, 0.1) is 12.4 Å². The molecule has 2 heteroatoms. The molecule has 3 saturated carbocycles. The summed E-state index contributed by atoms with van der Waals surface area (Å²) in [5, 5.41) is 0. The molecule has 0 spiro atoms. The van der Waals surface area contributed by atoms with Crippen molar-refractivity contribution in [2.45, 2.75) is 51.9 Å². The Kier molecular flexibility index (Phi) is 2.86. The summed E-state index contributed by atoms with van der Waals surface area (Å²) in [6, 6.07) is 0. The summed E-state index contributed by atoms with van der Waals surface area (Å²) in [6.45, 7) is 3.29. The van der Waals surface area contributed by atoms with Gasteiger partial charge in [0.1, 0.15) is 5.78 Å². The Morgan fingerprint density at radius 3 is 3.00 bits per heavy atom. The van der Waals surface area contributed by atoms with E-state index in [2.05, 4.69) is 12.8 Å². The van der Waals surface area contributed by atoms with Crippen molar-refractivity contribution >= 4 is 5.78 Å². The second kappa shape index (κ2) is 4.65. The first-order chi connectivity index (χ1) is 11.1. The van der Waals surface area contributed by atoms with Crippen molar-refractivity contribution in [3.63, 3.8) is 0 Å². The molecule has 0 N–H and O–H groups in total. The van der Waals surface area contributed by atoms with E-state index in [-0.39, 0.29) is 5.41 Å². The third-order valence-corrected chi connectivity index (χ3v) is 8.13. The van der Waals surface area contributed by atoms with Gasteiger partial charge in [0.2, 0.25) is 0 Å². The summed E-state index contributed by atoms with van der Waals surface area (Å²) >= 11 is 0.